The van der Waals surface area contributed by atoms with Gasteiger partial charge in [-0.05, 0) is 12.1 Å². The number of benzene rings is 1. The summed E-state index contributed by atoms with van der Waals surface area (Å²) in [5.74, 6) is 2.14. The van der Waals surface area contributed by atoms with Gasteiger partial charge in [0.25, 0.3) is 0 Å². The molecular formula is C13H18N4O2. The van der Waals surface area contributed by atoms with E-state index in [4.69, 9.17) is 15.2 Å². The minimum absolute atomic E-state index is 0.265. The predicted octanol–water partition coefficient (Wildman–Crippen LogP) is 0.918. The number of nitrogens with two attached hydrogens (primary N) is 1. The number of nitrogens with zero attached hydrogens (tertiary/aromatic N) is 1. The molecule has 1 aliphatic heterocycles. The molecule has 0 aromatic heterocycles. The highest BCUT2D eigenvalue weighted by atomic mass is 16.7. The molecule has 1 aliphatic rings. The summed E-state index contributed by atoms with van der Waals surface area (Å²) in [6.07, 6.45) is 1.76. The summed E-state index contributed by atoms with van der Waals surface area (Å²) in [6, 6.07) is 5.63. The van der Waals surface area contributed by atoms with Crippen LogP contribution in [0.2, 0.25) is 0 Å². The van der Waals surface area contributed by atoms with E-state index in [0.29, 0.717) is 25.6 Å². The van der Waals surface area contributed by atoms with Crippen molar-refractivity contribution in [3.8, 4) is 11.5 Å². The number of nitrogens with one attached hydrogen (secondary N) is 2. The monoisotopic (exact) mass is 262 g/mol. The first kappa shape index (κ1) is 13.2. The van der Waals surface area contributed by atoms with E-state index in [-0.39, 0.29) is 6.79 Å². The summed E-state index contributed by atoms with van der Waals surface area (Å²) in [5.41, 5.74) is 6.33. The Balaban J connectivity index is 2.05. The Morgan fingerprint density at radius 3 is 3.05 bits per heavy atom. The highest BCUT2D eigenvalue weighted by Crippen LogP contribution is 2.34. The van der Waals surface area contributed by atoms with Gasteiger partial charge in [-0.2, -0.15) is 0 Å². The van der Waals surface area contributed by atoms with Gasteiger partial charge in [0.2, 0.25) is 6.79 Å². The molecule has 6 nitrogen and oxygen atoms in total. The summed E-state index contributed by atoms with van der Waals surface area (Å²) >= 11 is 0. The van der Waals surface area contributed by atoms with Crippen molar-refractivity contribution in [1.82, 2.24) is 5.32 Å². The number of fused-ring (bicyclic) bond motifs is 1. The molecule has 0 saturated carbocycles. The van der Waals surface area contributed by atoms with Gasteiger partial charge in [0.15, 0.2) is 17.5 Å². The van der Waals surface area contributed by atoms with Crippen molar-refractivity contribution in [2.75, 3.05) is 31.7 Å². The van der Waals surface area contributed by atoms with Gasteiger partial charge in [0.1, 0.15) is 0 Å². The highest BCUT2D eigenvalue weighted by molar-refractivity contribution is 5.94. The smallest absolute Gasteiger partial charge is 0.231 e. The van der Waals surface area contributed by atoms with E-state index in [1.54, 1.807) is 6.08 Å². The van der Waals surface area contributed by atoms with Crippen LogP contribution in [0, 0.1) is 0 Å². The first-order chi connectivity index (χ1) is 9.33. The van der Waals surface area contributed by atoms with Crippen LogP contribution in [0.3, 0.4) is 0 Å². The maximum absolute atomic E-state index is 5.45. The zero-order valence-corrected chi connectivity index (χ0v) is 10.7. The highest BCUT2D eigenvalue weighted by Gasteiger charge is 2.13. The molecule has 0 radical (unpaired) electrons. The molecule has 4 N–H and O–H groups in total. The van der Waals surface area contributed by atoms with Gasteiger partial charge in [-0.15, -0.1) is 6.58 Å². The van der Waals surface area contributed by atoms with E-state index >= 15 is 0 Å². The number of hydrogen-bond donors (Lipinski definition) is 3. The molecule has 0 saturated heterocycles. The van der Waals surface area contributed by atoms with Crippen molar-refractivity contribution in [3.05, 3.63) is 30.9 Å². The van der Waals surface area contributed by atoms with Crippen LogP contribution in [-0.4, -0.2) is 32.4 Å². The maximum Gasteiger partial charge on any atom is 0.231 e. The Bertz CT molecular complexity index is 474. The van der Waals surface area contributed by atoms with Gasteiger partial charge < -0.3 is 25.8 Å². The topological polar surface area (TPSA) is 80.9 Å². The standard InChI is InChI=1S/C13H18N4O2/c1-2-6-15-13(16-7-5-14)17-10-3-4-11-12(8-10)19-9-18-11/h2-4,8H,1,5-7,9,14H2,(H2,15,16,17). The molecule has 102 valence electrons. The van der Waals surface area contributed by atoms with Crippen molar-refractivity contribution in [2.24, 2.45) is 10.7 Å². The Kier molecular flexibility index (Phi) is 4.63. The van der Waals surface area contributed by atoms with Crippen LogP contribution in [0.15, 0.2) is 35.8 Å². The fourth-order valence-corrected chi connectivity index (χ4v) is 1.60. The molecule has 0 fully saturated rings. The minimum atomic E-state index is 0.265. The van der Waals surface area contributed by atoms with Gasteiger partial charge in [-0.1, -0.05) is 6.08 Å². The predicted molar refractivity (Wildman–Crippen MR) is 75.7 cm³/mol. The summed E-state index contributed by atoms with van der Waals surface area (Å²) in [6.45, 7) is 5.61. The fraction of sp³-hybridized carbons (Fsp3) is 0.308. The molecule has 0 unspecified atom stereocenters. The number of aliphatic imine (C=N–C) groups is 1. The van der Waals surface area contributed by atoms with Crippen LogP contribution in [0.1, 0.15) is 0 Å². The molecule has 0 atom stereocenters. The van der Waals surface area contributed by atoms with E-state index in [0.717, 1.165) is 17.2 Å². The second kappa shape index (κ2) is 6.65. The summed E-state index contributed by atoms with van der Waals surface area (Å²) in [4.78, 5) is 4.32. The Morgan fingerprint density at radius 1 is 1.42 bits per heavy atom. The lowest BCUT2D eigenvalue weighted by Gasteiger charge is -2.11. The lowest BCUT2D eigenvalue weighted by atomic mass is 10.3. The normalized spacial score (nSPS) is 13.2. The van der Waals surface area contributed by atoms with Crippen LogP contribution in [0.5, 0.6) is 11.5 Å². The molecule has 2 rings (SSSR count). The van der Waals surface area contributed by atoms with E-state index in [1.807, 2.05) is 18.2 Å². The second-order valence-electron chi connectivity index (χ2n) is 3.88. The van der Waals surface area contributed by atoms with Crippen molar-refractivity contribution in [3.63, 3.8) is 0 Å². The van der Waals surface area contributed by atoms with Crippen LogP contribution in [0.25, 0.3) is 0 Å². The Labute approximate surface area is 112 Å². The molecule has 0 amide bonds. The van der Waals surface area contributed by atoms with Gasteiger partial charge in [0.05, 0.1) is 6.54 Å². The number of ether oxygens (including phenoxy) is 2. The molecule has 1 heterocycles. The molecule has 19 heavy (non-hydrogen) atoms. The summed E-state index contributed by atoms with van der Waals surface area (Å²) < 4.78 is 10.6. The number of anilines is 1. The second-order valence-corrected chi connectivity index (χ2v) is 3.88. The zero-order valence-electron chi connectivity index (χ0n) is 10.7. The van der Waals surface area contributed by atoms with Crippen molar-refractivity contribution >= 4 is 11.6 Å². The average molecular weight is 262 g/mol. The Hall–Kier alpha value is -2.21. The molecule has 0 bridgehead atoms. The summed E-state index contributed by atoms with van der Waals surface area (Å²) in [5, 5.41) is 6.29. The van der Waals surface area contributed by atoms with E-state index in [2.05, 4.69) is 22.2 Å². The van der Waals surface area contributed by atoms with Gasteiger partial charge >= 0.3 is 0 Å². The lowest BCUT2D eigenvalue weighted by Crippen LogP contribution is -2.31. The quantitative estimate of drug-likeness (QED) is 0.417. The molecule has 1 aromatic rings. The molecular weight excluding hydrogens is 244 g/mol. The van der Waals surface area contributed by atoms with Gasteiger partial charge in [-0.3, -0.25) is 4.99 Å². The largest absolute Gasteiger partial charge is 0.454 e. The number of guanidine groups is 1. The van der Waals surface area contributed by atoms with Crippen molar-refractivity contribution < 1.29 is 9.47 Å². The van der Waals surface area contributed by atoms with Crippen LogP contribution >= 0.6 is 0 Å². The minimum Gasteiger partial charge on any atom is -0.454 e. The van der Waals surface area contributed by atoms with Gasteiger partial charge in [0, 0.05) is 24.8 Å². The molecule has 1 aromatic carbocycles. The van der Waals surface area contributed by atoms with Crippen molar-refractivity contribution in [1.29, 1.82) is 0 Å². The summed E-state index contributed by atoms with van der Waals surface area (Å²) in [7, 11) is 0. The zero-order chi connectivity index (χ0) is 13.5. The van der Waals surface area contributed by atoms with Gasteiger partial charge in [-0.25, -0.2) is 0 Å². The third-order valence-electron chi connectivity index (χ3n) is 2.45. The van der Waals surface area contributed by atoms with Crippen molar-refractivity contribution in [2.45, 2.75) is 0 Å². The molecule has 0 spiro atoms. The third-order valence-corrected chi connectivity index (χ3v) is 2.45. The average Bonchev–Trinajstić information content (AvgIpc) is 2.89. The van der Waals surface area contributed by atoms with E-state index < -0.39 is 0 Å². The first-order valence-electron chi connectivity index (χ1n) is 6.09. The number of hydrogen-bond acceptors (Lipinski definition) is 4. The SMILES string of the molecule is C=CCNC(=NCCN)Nc1ccc2c(c1)OCO2. The van der Waals surface area contributed by atoms with E-state index in [9.17, 15) is 0 Å². The van der Waals surface area contributed by atoms with Crippen LogP contribution in [-0.2, 0) is 0 Å². The van der Waals surface area contributed by atoms with Crippen LogP contribution in [0.4, 0.5) is 5.69 Å². The molecule has 0 aliphatic carbocycles. The fourth-order valence-electron chi connectivity index (χ4n) is 1.60. The lowest BCUT2D eigenvalue weighted by molar-refractivity contribution is 0.174. The first-order valence-corrected chi connectivity index (χ1v) is 6.09. The Morgan fingerprint density at radius 2 is 2.26 bits per heavy atom. The van der Waals surface area contributed by atoms with Crippen LogP contribution < -0.4 is 25.8 Å². The maximum atomic E-state index is 5.45. The number of rotatable bonds is 5. The van der Waals surface area contributed by atoms with E-state index in [1.165, 1.54) is 0 Å². The third kappa shape index (κ3) is 3.62. The molecule has 6 heteroatoms.